The fraction of sp³-hybridized carbons (Fsp3) is 0.100. The fourth-order valence-electron chi connectivity index (χ4n) is 1.38. The highest BCUT2D eigenvalue weighted by Gasteiger charge is 2.16. The van der Waals surface area contributed by atoms with Crippen LogP contribution in [0.4, 0.5) is 16.3 Å². The fourth-order valence-corrected chi connectivity index (χ4v) is 1.38. The Morgan fingerprint density at radius 1 is 1.47 bits per heavy atom. The molecule has 2 rings (SSSR count). The van der Waals surface area contributed by atoms with Crippen LogP contribution in [-0.2, 0) is 0 Å². The number of aromatic nitrogens is 3. The first-order valence-corrected chi connectivity index (χ1v) is 4.81. The predicted molar refractivity (Wildman–Crippen MR) is 61.1 cm³/mol. The third kappa shape index (κ3) is 2.17. The van der Waals surface area contributed by atoms with E-state index in [9.17, 15) is 4.79 Å². The van der Waals surface area contributed by atoms with Gasteiger partial charge in [-0.25, -0.2) is 14.7 Å². The first-order chi connectivity index (χ1) is 8.22. The van der Waals surface area contributed by atoms with Crippen molar-refractivity contribution < 1.29 is 9.53 Å². The maximum Gasteiger partial charge on any atom is 0.325 e. The topological polar surface area (TPSA) is 97.1 Å². The number of primary amides is 1. The van der Waals surface area contributed by atoms with Gasteiger partial charge in [0.1, 0.15) is 5.82 Å². The number of nitrogens with zero attached hydrogens (tertiary/aromatic N) is 3. The minimum absolute atomic E-state index is 0.461. The molecule has 0 atom stereocenters. The van der Waals surface area contributed by atoms with Crippen LogP contribution in [0.15, 0.2) is 30.6 Å². The number of rotatable bonds is 3. The van der Waals surface area contributed by atoms with Crippen molar-refractivity contribution in [1.82, 2.24) is 15.2 Å². The highest BCUT2D eigenvalue weighted by atomic mass is 16.5. The summed E-state index contributed by atoms with van der Waals surface area (Å²) in [7, 11) is 1.52. The maximum absolute atomic E-state index is 11.4. The molecule has 3 N–H and O–H groups in total. The zero-order chi connectivity index (χ0) is 12.3. The first-order valence-electron chi connectivity index (χ1n) is 4.81. The molecule has 0 aliphatic heterocycles. The summed E-state index contributed by atoms with van der Waals surface area (Å²) in [6, 6.07) is 4.33. The molecule has 0 radical (unpaired) electrons. The molecule has 0 saturated carbocycles. The molecule has 2 aromatic rings. The van der Waals surface area contributed by atoms with Gasteiger partial charge in [-0.1, -0.05) is 0 Å². The molecule has 88 valence electrons. The van der Waals surface area contributed by atoms with Gasteiger partial charge >= 0.3 is 6.03 Å². The van der Waals surface area contributed by atoms with Crippen LogP contribution in [0.25, 0.3) is 0 Å². The number of nitrogens with two attached hydrogens (primary N) is 1. The molecule has 2 heterocycles. The molecular weight excluding hydrogens is 222 g/mol. The van der Waals surface area contributed by atoms with Crippen LogP contribution in [-0.4, -0.2) is 28.3 Å². The number of ether oxygens (including phenoxy) is 1. The molecule has 0 aliphatic rings. The Balaban J connectivity index is 2.36. The van der Waals surface area contributed by atoms with Gasteiger partial charge < -0.3 is 10.5 Å². The van der Waals surface area contributed by atoms with E-state index in [1.54, 1.807) is 18.2 Å². The Morgan fingerprint density at radius 2 is 2.29 bits per heavy atom. The van der Waals surface area contributed by atoms with Gasteiger partial charge in [-0.15, -0.1) is 0 Å². The summed E-state index contributed by atoms with van der Waals surface area (Å²) in [6.45, 7) is 0. The van der Waals surface area contributed by atoms with Gasteiger partial charge in [0.25, 0.3) is 0 Å². The number of carbonyl (C=O) groups is 1. The van der Waals surface area contributed by atoms with Crippen molar-refractivity contribution in [2.75, 3.05) is 12.0 Å². The lowest BCUT2D eigenvalue weighted by Gasteiger charge is -2.17. The number of anilines is 2. The van der Waals surface area contributed by atoms with Crippen molar-refractivity contribution >= 4 is 17.5 Å². The number of hydrogen-bond acceptors (Lipinski definition) is 4. The standard InChI is InChI=1S/C10H11N5O2/c1-17-9-3-2-7(6-12-9)15(10(11)16)8-4-5-13-14-8/h2-6H,1H3,(H2,11,16)(H,13,14). The molecule has 0 fully saturated rings. The van der Waals surface area contributed by atoms with Gasteiger partial charge in [0.15, 0.2) is 0 Å². The van der Waals surface area contributed by atoms with Crippen LogP contribution >= 0.6 is 0 Å². The van der Waals surface area contributed by atoms with E-state index in [0.717, 1.165) is 0 Å². The summed E-state index contributed by atoms with van der Waals surface area (Å²) in [5, 5.41) is 6.43. The average molecular weight is 233 g/mol. The Kier molecular flexibility index (Phi) is 2.91. The first kappa shape index (κ1) is 10.9. The zero-order valence-electron chi connectivity index (χ0n) is 9.12. The number of hydrogen-bond donors (Lipinski definition) is 2. The van der Waals surface area contributed by atoms with E-state index in [1.165, 1.54) is 24.4 Å². The largest absolute Gasteiger partial charge is 0.481 e. The predicted octanol–water partition coefficient (Wildman–Crippen LogP) is 1.03. The molecule has 7 nitrogen and oxygen atoms in total. The van der Waals surface area contributed by atoms with Crippen molar-refractivity contribution in [2.45, 2.75) is 0 Å². The van der Waals surface area contributed by atoms with Crippen molar-refractivity contribution in [3.8, 4) is 5.88 Å². The number of carbonyl (C=O) groups excluding carboxylic acids is 1. The van der Waals surface area contributed by atoms with Crippen LogP contribution in [0.1, 0.15) is 0 Å². The van der Waals surface area contributed by atoms with E-state index >= 15 is 0 Å². The minimum atomic E-state index is -0.624. The second-order valence-corrected chi connectivity index (χ2v) is 3.17. The highest BCUT2D eigenvalue weighted by Crippen LogP contribution is 2.23. The number of H-pyrrole nitrogens is 1. The Bertz CT molecular complexity index is 494. The van der Waals surface area contributed by atoms with E-state index in [0.29, 0.717) is 17.4 Å². The lowest BCUT2D eigenvalue weighted by Crippen LogP contribution is -2.31. The van der Waals surface area contributed by atoms with Gasteiger partial charge in [0.2, 0.25) is 5.88 Å². The third-order valence-corrected chi connectivity index (χ3v) is 2.14. The van der Waals surface area contributed by atoms with Crippen LogP contribution in [0.3, 0.4) is 0 Å². The van der Waals surface area contributed by atoms with Crippen molar-refractivity contribution in [1.29, 1.82) is 0 Å². The van der Waals surface area contributed by atoms with Crippen LogP contribution in [0.2, 0.25) is 0 Å². The van der Waals surface area contributed by atoms with Crippen molar-refractivity contribution in [3.05, 3.63) is 30.6 Å². The van der Waals surface area contributed by atoms with Gasteiger partial charge in [-0.3, -0.25) is 5.10 Å². The van der Waals surface area contributed by atoms with E-state index in [1.807, 2.05) is 0 Å². The number of pyridine rings is 1. The molecule has 0 aliphatic carbocycles. The maximum atomic E-state index is 11.4. The molecule has 0 bridgehead atoms. The molecule has 0 aromatic carbocycles. The second-order valence-electron chi connectivity index (χ2n) is 3.17. The Labute approximate surface area is 97.2 Å². The number of methoxy groups -OCH3 is 1. The Hall–Kier alpha value is -2.57. The lowest BCUT2D eigenvalue weighted by molar-refractivity contribution is 0.256. The molecule has 0 spiro atoms. The van der Waals surface area contributed by atoms with E-state index in [2.05, 4.69) is 15.2 Å². The second kappa shape index (κ2) is 4.52. The van der Waals surface area contributed by atoms with E-state index < -0.39 is 6.03 Å². The summed E-state index contributed by atoms with van der Waals surface area (Å²) in [5.74, 6) is 0.937. The zero-order valence-corrected chi connectivity index (χ0v) is 9.12. The van der Waals surface area contributed by atoms with Crippen molar-refractivity contribution in [2.24, 2.45) is 5.73 Å². The molecule has 17 heavy (non-hydrogen) atoms. The monoisotopic (exact) mass is 233 g/mol. The van der Waals surface area contributed by atoms with E-state index in [4.69, 9.17) is 10.5 Å². The van der Waals surface area contributed by atoms with Crippen molar-refractivity contribution in [3.63, 3.8) is 0 Å². The third-order valence-electron chi connectivity index (χ3n) is 2.14. The van der Waals surface area contributed by atoms with Crippen LogP contribution in [0, 0.1) is 0 Å². The lowest BCUT2D eigenvalue weighted by atomic mass is 10.3. The van der Waals surface area contributed by atoms with Gasteiger partial charge in [0.05, 0.1) is 25.2 Å². The average Bonchev–Trinajstić information content (AvgIpc) is 2.83. The smallest absolute Gasteiger partial charge is 0.325 e. The summed E-state index contributed by atoms with van der Waals surface area (Å²) >= 11 is 0. The molecular formula is C10H11N5O2. The van der Waals surface area contributed by atoms with Crippen LogP contribution in [0.5, 0.6) is 5.88 Å². The molecule has 2 amide bonds. The number of amides is 2. The minimum Gasteiger partial charge on any atom is -0.481 e. The van der Waals surface area contributed by atoms with Crippen LogP contribution < -0.4 is 15.4 Å². The molecule has 7 heteroatoms. The number of aromatic amines is 1. The molecule has 2 aromatic heterocycles. The quantitative estimate of drug-likeness (QED) is 0.827. The number of urea groups is 1. The summed E-state index contributed by atoms with van der Waals surface area (Å²) in [4.78, 5) is 16.7. The Morgan fingerprint density at radius 3 is 2.76 bits per heavy atom. The summed E-state index contributed by atoms with van der Waals surface area (Å²) in [6.07, 6.45) is 3.02. The number of nitrogens with one attached hydrogen (secondary N) is 1. The normalized spacial score (nSPS) is 9.94. The molecule has 0 saturated heterocycles. The highest BCUT2D eigenvalue weighted by molar-refractivity contribution is 5.97. The summed E-state index contributed by atoms with van der Waals surface area (Å²) in [5.41, 5.74) is 5.84. The van der Waals surface area contributed by atoms with Gasteiger partial charge in [0, 0.05) is 12.1 Å². The van der Waals surface area contributed by atoms with E-state index in [-0.39, 0.29) is 0 Å². The SMILES string of the molecule is COc1ccc(N(C(N)=O)c2ccn[nH]2)cn1. The molecule has 0 unspecified atom stereocenters. The summed E-state index contributed by atoms with van der Waals surface area (Å²) < 4.78 is 4.93. The van der Waals surface area contributed by atoms with Gasteiger partial charge in [-0.05, 0) is 6.07 Å². The van der Waals surface area contributed by atoms with Gasteiger partial charge in [-0.2, -0.15) is 5.10 Å².